The van der Waals surface area contributed by atoms with E-state index in [0.717, 1.165) is 16.8 Å². The number of fused-ring (bicyclic) bond motifs is 1. The fourth-order valence-electron chi connectivity index (χ4n) is 3.08. The van der Waals surface area contributed by atoms with Crippen LogP contribution in [-0.2, 0) is 22.6 Å². The van der Waals surface area contributed by atoms with E-state index in [1.807, 2.05) is 50.2 Å². The molecule has 0 radical (unpaired) electrons. The lowest BCUT2D eigenvalue weighted by atomic mass is 9.95. The molecule has 1 aliphatic heterocycles. The summed E-state index contributed by atoms with van der Waals surface area (Å²) in [5.74, 6) is -0.373. The molecule has 1 heterocycles. The number of carbonyl (C=O) groups excluding carboxylic acids is 2. The molecular weight excluding hydrogens is 314 g/mol. The van der Waals surface area contributed by atoms with Gasteiger partial charge in [-0.05, 0) is 43.0 Å². The summed E-state index contributed by atoms with van der Waals surface area (Å²) in [5.41, 5.74) is 5.33. The Balaban J connectivity index is 1.51. The van der Waals surface area contributed by atoms with Gasteiger partial charge in [0.25, 0.3) is 0 Å². The first kappa shape index (κ1) is 17.2. The predicted molar refractivity (Wildman–Crippen MR) is 98.3 cm³/mol. The van der Waals surface area contributed by atoms with Gasteiger partial charge in [0.15, 0.2) is 0 Å². The lowest BCUT2D eigenvalue weighted by Crippen LogP contribution is -2.49. The zero-order valence-electron chi connectivity index (χ0n) is 14.6. The molecule has 5 nitrogen and oxygen atoms in total. The van der Waals surface area contributed by atoms with Crippen LogP contribution in [0.25, 0.3) is 0 Å². The minimum atomic E-state index is -0.302. The molecule has 2 aromatic rings. The lowest BCUT2D eigenvalue weighted by molar-refractivity contribution is -0.125. The Hall–Kier alpha value is -2.66. The van der Waals surface area contributed by atoms with Crippen LogP contribution in [0.15, 0.2) is 42.5 Å². The van der Waals surface area contributed by atoms with E-state index in [-0.39, 0.29) is 24.4 Å². The fourth-order valence-corrected chi connectivity index (χ4v) is 3.08. The van der Waals surface area contributed by atoms with Crippen molar-refractivity contribution in [2.75, 3.05) is 11.9 Å². The monoisotopic (exact) mass is 337 g/mol. The van der Waals surface area contributed by atoms with Gasteiger partial charge < -0.3 is 16.0 Å². The van der Waals surface area contributed by atoms with Crippen molar-refractivity contribution in [1.82, 2.24) is 10.6 Å². The topological polar surface area (TPSA) is 70.2 Å². The smallest absolute Gasteiger partial charge is 0.243 e. The molecule has 25 heavy (non-hydrogen) atoms. The molecule has 130 valence electrons. The van der Waals surface area contributed by atoms with Gasteiger partial charge in [-0.2, -0.15) is 0 Å². The fraction of sp³-hybridized carbons (Fsp3) is 0.300. The van der Waals surface area contributed by atoms with Crippen molar-refractivity contribution >= 4 is 17.5 Å². The Bertz CT molecular complexity index is 801. The van der Waals surface area contributed by atoms with Gasteiger partial charge in [-0.1, -0.05) is 42.0 Å². The van der Waals surface area contributed by atoms with Gasteiger partial charge in [-0.15, -0.1) is 0 Å². The van der Waals surface area contributed by atoms with E-state index in [9.17, 15) is 9.59 Å². The number of nitrogens with one attached hydrogen (secondary N) is 3. The van der Waals surface area contributed by atoms with E-state index < -0.39 is 0 Å². The Kier molecular flexibility index (Phi) is 5.14. The molecule has 0 aromatic heterocycles. The second kappa shape index (κ2) is 7.49. The molecule has 0 saturated heterocycles. The molecule has 5 heteroatoms. The van der Waals surface area contributed by atoms with Crippen LogP contribution in [0.3, 0.4) is 0 Å². The Labute approximate surface area is 147 Å². The van der Waals surface area contributed by atoms with Gasteiger partial charge >= 0.3 is 0 Å². The van der Waals surface area contributed by atoms with E-state index >= 15 is 0 Å². The van der Waals surface area contributed by atoms with Gasteiger partial charge in [-0.25, -0.2) is 0 Å². The average Bonchev–Trinajstić information content (AvgIpc) is 2.61. The predicted octanol–water partition coefficient (Wildman–Crippen LogP) is 2.07. The molecule has 1 aliphatic rings. The summed E-state index contributed by atoms with van der Waals surface area (Å²) in [6.07, 6.45) is 0.640. The summed E-state index contributed by atoms with van der Waals surface area (Å²) in [5, 5.41) is 8.78. The quantitative estimate of drug-likeness (QED) is 0.800. The maximum absolute atomic E-state index is 12.3. The molecular formula is C20H23N3O2. The van der Waals surface area contributed by atoms with Gasteiger partial charge in [0.1, 0.15) is 0 Å². The van der Waals surface area contributed by atoms with Crippen LogP contribution >= 0.6 is 0 Å². The van der Waals surface area contributed by atoms with E-state index in [1.165, 1.54) is 11.1 Å². The van der Waals surface area contributed by atoms with Gasteiger partial charge in [0, 0.05) is 12.2 Å². The minimum absolute atomic E-state index is 0.0357. The van der Waals surface area contributed by atoms with Crippen molar-refractivity contribution in [1.29, 1.82) is 0 Å². The number of aryl methyl sites for hydroxylation is 2. The molecule has 2 amide bonds. The van der Waals surface area contributed by atoms with Gasteiger partial charge in [0.05, 0.1) is 12.6 Å². The summed E-state index contributed by atoms with van der Waals surface area (Å²) in [4.78, 5) is 24.4. The maximum atomic E-state index is 12.3. The Morgan fingerprint density at radius 3 is 2.64 bits per heavy atom. The number of benzene rings is 2. The zero-order valence-corrected chi connectivity index (χ0v) is 14.6. The van der Waals surface area contributed by atoms with Crippen molar-refractivity contribution in [3.05, 3.63) is 64.7 Å². The highest BCUT2D eigenvalue weighted by Crippen LogP contribution is 2.17. The molecule has 0 saturated carbocycles. The largest absolute Gasteiger partial charge is 0.346 e. The van der Waals surface area contributed by atoms with E-state index in [4.69, 9.17) is 0 Å². The normalized spacial score (nSPS) is 16.0. The van der Waals surface area contributed by atoms with Crippen LogP contribution in [-0.4, -0.2) is 24.4 Å². The molecule has 1 atom stereocenters. The third kappa shape index (κ3) is 4.25. The first-order valence-electron chi connectivity index (χ1n) is 8.48. The second-order valence-electron chi connectivity index (χ2n) is 6.49. The van der Waals surface area contributed by atoms with Crippen LogP contribution in [0.1, 0.15) is 22.3 Å². The molecule has 0 spiro atoms. The molecule has 1 unspecified atom stereocenters. The highest BCUT2D eigenvalue weighted by Gasteiger charge is 2.24. The third-order valence-electron chi connectivity index (χ3n) is 4.48. The minimum Gasteiger partial charge on any atom is -0.346 e. The second-order valence-corrected chi connectivity index (χ2v) is 6.49. The number of hydrogen-bond donors (Lipinski definition) is 3. The summed E-state index contributed by atoms with van der Waals surface area (Å²) in [7, 11) is 0. The van der Waals surface area contributed by atoms with Crippen molar-refractivity contribution in [2.45, 2.75) is 32.9 Å². The summed E-state index contributed by atoms with van der Waals surface area (Å²) in [6.45, 7) is 4.59. The van der Waals surface area contributed by atoms with Crippen molar-refractivity contribution < 1.29 is 9.59 Å². The molecule has 2 aromatic carbocycles. The van der Waals surface area contributed by atoms with Crippen LogP contribution in [0.5, 0.6) is 0 Å². The number of rotatable bonds is 4. The molecule has 3 N–H and O–H groups in total. The molecule has 0 bridgehead atoms. The summed E-state index contributed by atoms with van der Waals surface area (Å²) >= 11 is 0. The van der Waals surface area contributed by atoms with E-state index in [2.05, 4.69) is 22.0 Å². The SMILES string of the molecule is Cc1ccc(NC(=O)CNC(=O)C2Cc3ccccc3CN2)c(C)c1. The number of hydrogen-bond acceptors (Lipinski definition) is 3. The molecule has 0 fully saturated rings. The van der Waals surface area contributed by atoms with Crippen molar-refractivity contribution in [3.8, 4) is 0 Å². The van der Waals surface area contributed by atoms with Crippen LogP contribution in [0.4, 0.5) is 5.69 Å². The maximum Gasteiger partial charge on any atom is 0.243 e. The lowest BCUT2D eigenvalue weighted by Gasteiger charge is -2.25. The number of carbonyl (C=O) groups is 2. The standard InChI is InChI=1S/C20H23N3O2/c1-13-7-8-17(14(2)9-13)23-19(24)12-22-20(25)18-10-15-5-3-4-6-16(15)11-21-18/h3-9,18,21H,10-12H2,1-2H3,(H,22,25)(H,23,24). The highest BCUT2D eigenvalue weighted by atomic mass is 16.2. The zero-order chi connectivity index (χ0) is 17.8. The first-order valence-corrected chi connectivity index (χ1v) is 8.48. The van der Waals surface area contributed by atoms with Crippen molar-refractivity contribution in [2.24, 2.45) is 0 Å². The average molecular weight is 337 g/mol. The van der Waals surface area contributed by atoms with Gasteiger partial charge in [-0.3, -0.25) is 9.59 Å². The first-order chi connectivity index (χ1) is 12.0. The van der Waals surface area contributed by atoms with Crippen LogP contribution in [0.2, 0.25) is 0 Å². The Morgan fingerprint density at radius 2 is 1.88 bits per heavy atom. The Morgan fingerprint density at radius 1 is 1.12 bits per heavy atom. The van der Waals surface area contributed by atoms with Crippen LogP contribution < -0.4 is 16.0 Å². The molecule has 3 rings (SSSR count). The third-order valence-corrected chi connectivity index (χ3v) is 4.48. The number of anilines is 1. The highest BCUT2D eigenvalue weighted by molar-refractivity contribution is 5.95. The van der Waals surface area contributed by atoms with Crippen molar-refractivity contribution in [3.63, 3.8) is 0 Å². The van der Waals surface area contributed by atoms with Gasteiger partial charge in [0.2, 0.25) is 11.8 Å². The van der Waals surface area contributed by atoms with E-state index in [1.54, 1.807) is 0 Å². The summed E-state index contributed by atoms with van der Waals surface area (Å²) < 4.78 is 0. The molecule has 0 aliphatic carbocycles. The van der Waals surface area contributed by atoms with E-state index in [0.29, 0.717) is 13.0 Å². The number of amides is 2. The van der Waals surface area contributed by atoms with Crippen LogP contribution in [0, 0.1) is 13.8 Å². The summed E-state index contributed by atoms with van der Waals surface area (Å²) in [6, 6.07) is 13.6.